The number of aromatic nitrogens is 1. The summed E-state index contributed by atoms with van der Waals surface area (Å²) in [7, 11) is 1.71. The lowest BCUT2D eigenvalue weighted by molar-refractivity contribution is 0.00577. The average molecular weight is 644 g/mol. The molecule has 7 nitrogen and oxygen atoms in total. The van der Waals surface area contributed by atoms with E-state index in [2.05, 4.69) is 4.98 Å². The van der Waals surface area contributed by atoms with Crippen molar-refractivity contribution < 1.29 is 28.2 Å². The van der Waals surface area contributed by atoms with E-state index in [4.69, 9.17) is 16.3 Å². The van der Waals surface area contributed by atoms with Crippen LogP contribution in [0.1, 0.15) is 68.1 Å². The highest BCUT2D eigenvalue weighted by Crippen LogP contribution is 2.41. The predicted molar refractivity (Wildman–Crippen MR) is 169 cm³/mol. The SMILES string of the molecule is CN(C(=O)OC(C)(C)C)C1CCC(N(CC2(O)C=C(c3ccncc3)C=CC2)C(=O)c2sc3c(F)ccc(F)c3c2Cl)CC1. The summed E-state index contributed by atoms with van der Waals surface area (Å²) in [4.78, 5) is 34.3. The normalized spacial score (nSPS) is 22.0. The number of carbonyl (C=O) groups excluding carboxylic acids is 2. The van der Waals surface area contributed by atoms with Crippen molar-refractivity contribution in [1.29, 1.82) is 0 Å². The second-order valence-corrected chi connectivity index (χ2v) is 13.9. The zero-order chi connectivity index (χ0) is 31.8. The number of pyridine rings is 1. The molecule has 1 N–H and O–H groups in total. The molecular weight excluding hydrogens is 608 g/mol. The van der Waals surface area contributed by atoms with Crippen LogP contribution in [0.15, 0.2) is 54.9 Å². The fourth-order valence-corrected chi connectivity index (χ4v) is 7.39. The standard InChI is InChI=1S/C33H36ClF2N3O4S/c1-32(2,3)43-31(41)38(4)22-7-9-23(10-8-22)39(19-33(42)15-5-6-21(18-33)20-13-16-37-17-14-20)30(40)29-27(34)26-24(35)11-12-25(36)28(26)44-29/h5-6,11-14,16-18,22-23,42H,7-10,15,19H2,1-4H3. The molecule has 5 rings (SSSR count). The monoisotopic (exact) mass is 643 g/mol. The van der Waals surface area contributed by atoms with E-state index in [1.54, 1.807) is 35.3 Å². The largest absolute Gasteiger partial charge is 0.444 e. The van der Waals surface area contributed by atoms with Gasteiger partial charge in [0.05, 0.1) is 21.7 Å². The summed E-state index contributed by atoms with van der Waals surface area (Å²) in [6.07, 6.45) is 11.0. The van der Waals surface area contributed by atoms with Gasteiger partial charge >= 0.3 is 6.09 Å². The van der Waals surface area contributed by atoms with E-state index in [1.807, 2.05) is 45.1 Å². The first-order chi connectivity index (χ1) is 20.8. The summed E-state index contributed by atoms with van der Waals surface area (Å²) in [6.45, 7) is 5.39. The number of hydrogen-bond acceptors (Lipinski definition) is 6. The zero-order valence-electron chi connectivity index (χ0n) is 25.1. The molecule has 0 aliphatic heterocycles. The Hall–Kier alpha value is -3.34. The van der Waals surface area contributed by atoms with Crippen LogP contribution >= 0.6 is 22.9 Å². The number of fused-ring (bicyclic) bond motifs is 1. The molecule has 2 aliphatic rings. The van der Waals surface area contributed by atoms with Crippen LogP contribution in [0, 0.1) is 11.6 Å². The Morgan fingerprint density at radius 2 is 1.73 bits per heavy atom. The van der Waals surface area contributed by atoms with Gasteiger partial charge in [-0.3, -0.25) is 9.78 Å². The van der Waals surface area contributed by atoms with Gasteiger partial charge in [-0.15, -0.1) is 11.3 Å². The molecule has 0 radical (unpaired) electrons. The molecule has 2 heterocycles. The molecule has 2 aliphatic carbocycles. The lowest BCUT2D eigenvalue weighted by atomic mass is 9.85. The molecular formula is C33H36ClF2N3O4S. The number of benzene rings is 1. The van der Waals surface area contributed by atoms with Gasteiger partial charge in [-0.05, 0) is 94.4 Å². The number of carbonyl (C=O) groups is 2. The van der Waals surface area contributed by atoms with Gasteiger partial charge in [-0.1, -0.05) is 23.8 Å². The van der Waals surface area contributed by atoms with Crippen LogP contribution in [0.2, 0.25) is 5.02 Å². The minimum absolute atomic E-state index is 0.0203. The maximum absolute atomic E-state index is 14.7. The van der Waals surface area contributed by atoms with E-state index in [0.29, 0.717) is 25.7 Å². The van der Waals surface area contributed by atoms with Crippen molar-refractivity contribution in [2.75, 3.05) is 13.6 Å². The second kappa shape index (κ2) is 12.6. The van der Waals surface area contributed by atoms with Crippen molar-refractivity contribution in [3.8, 4) is 0 Å². The Morgan fingerprint density at radius 1 is 1.09 bits per heavy atom. The Labute approximate surface area is 264 Å². The molecule has 0 saturated heterocycles. The van der Waals surface area contributed by atoms with Crippen LogP contribution in [0.25, 0.3) is 15.7 Å². The lowest BCUT2D eigenvalue weighted by Gasteiger charge is -2.42. The molecule has 1 unspecified atom stereocenters. The van der Waals surface area contributed by atoms with Crippen molar-refractivity contribution >= 4 is 50.6 Å². The first-order valence-electron chi connectivity index (χ1n) is 14.6. The van der Waals surface area contributed by atoms with Gasteiger partial charge in [-0.25, -0.2) is 13.6 Å². The number of thiophene rings is 1. The Morgan fingerprint density at radius 3 is 2.36 bits per heavy atom. The van der Waals surface area contributed by atoms with Gasteiger partial charge in [0.25, 0.3) is 5.91 Å². The molecule has 1 aromatic carbocycles. The third-order valence-corrected chi connectivity index (χ3v) is 9.80. The van der Waals surface area contributed by atoms with Gasteiger partial charge in [0.15, 0.2) is 0 Å². The minimum atomic E-state index is -1.41. The predicted octanol–water partition coefficient (Wildman–Crippen LogP) is 7.62. The maximum atomic E-state index is 14.7. The van der Waals surface area contributed by atoms with Crippen molar-refractivity contribution in [3.05, 3.63) is 82.0 Å². The molecule has 11 heteroatoms. The van der Waals surface area contributed by atoms with E-state index in [-0.39, 0.29) is 45.0 Å². The van der Waals surface area contributed by atoms with Gasteiger partial charge in [0, 0.05) is 31.5 Å². The number of allylic oxidation sites excluding steroid dienone is 2. The van der Waals surface area contributed by atoms with Crippen LogP contribution in [-0.2, 0) is 4.74 Å². The highest BCUT2D eigenvalue weighted by Gasteiger charge is 2.39. The van der Waals surface area contributed by atoms with Crippen LogP contribution in [0.4, 0.5) is 13.6 Å². The average Bonchev–Trinajstić information content (AvgIpc) is 3.35. The quantitative estimate of drug-likeness (QED) is 0.299. The maximum Gasteiger partial charge on any atom is 0.410 e. The Balaban J connectivity index is 1.45. The molecule has 1 saturated carbocycles. The third kappa shape index (κ3) is 6.82. The van der Waals surface area contributed by atoms with Crippen molar-refractivity contribution in [2.45, 2.75) is 76.2 Å². The molecule has 234 valence electrons. The van der Waals surface area contributed by atoms with Gasteiger partial charge < -0.3 is 19.6 Å². The summed E-state index contributed by atoms with van der Waals surface area (Å²) in [5.74, 6) is -1.87. The van der Waals surface area contributed by atoms with Crippen molar-refractivity contribution in [1.82, 2.24) is 14.8 Å². The van der Waals surface area contributed by atoms with Crippen molar-refractivity contribution in [3.63, 3.8) is 0 Å². The number of amides is 2. The second-order valence-electron chi connectivity index (χ2n) is 12.5. The Kier molecular flexibility index (Phi) is 9.16. The number of aliphatic hydroxyl groups is 1. The van der Waals surface area contributed by atoms with Crippen LogP contribution in [0.5, 0.6) is 0 Å². The highest BCUT2D eigenvalue weighted by molar-refractivity contribution is 7.21. The summed E-state index contributed by atoms with van der Waals surface area (Å²) in [5.41, 5.74) is -0.371. The molecule has 0 bridgehead atoms. The molecule has 1 atom stereocenters. The smallest absolute Gasteiger partial charge is 0.410 e. The molecule has 2 aromatic heterocycles. The number of hydrogen-bond donors (Lipinski definition) is 1. The summed E-state index contributed by atoms with van der Waals surface area (Å²) in [5, 5.41) is 11.6. The number of ether oxygens (including phenoxy) is 1. The van der Waals surface area contributed by atoms with Crippen LogP contribution in [0.3, 0.4) is 0 Å². The number of nitrogens with zero attached hydrogens (tertiary/aromatic N) is 3. The number of rotatable bonds is 6. The Bertz CT molecular complexity index is 1610. The van der Waals surface area contributed by atoms with Gasteiger partial charge in [0.2, 0.25) is 0 Å². The number of halogens is 3. The fourth-order valence-electron chi connectivity index (χ4n) is 5.89. The topological polar surface area (TPSA) is 83.0 Å². The van der Waals surface area contributed by atoms with E-state index in [0.717, 1.165) is 34.6 Å². The summed E-state index contributed by atoms with van der Waals surface area (Å²) in [6, 6.07) is 5.29. The zero-order valence-corrected chi connectivity index (χ0v) is 26.7. The molecule has 2 amide bonds. The molecule has 3 aromatic rings. The molecule has 44 heavy (non-hydrogen) atoms. The van der Waals surface area contributed by atoms with E-state index < -0.39 is 34.8 Å². The highest BCUT2D eigenvalue weighted by atomic mass is 35.5. The summed E-state index contributed by atoms with van der Waals surface area (Å²) >= 11 is 7.36. The summed E-state index contributed by atoms with van der Waals surface area (Å²) < 4.78 is 34.9. The van der Waals surface area contributed by atoms with E-state index in [9.17, 15) is 23.5 Å². The van der Waals surface area contributed by atoms with E-state index >= 15 is 0 Å². The van der Waals surface area contributed by atoms with Gasteiger partial charge in [-0.2, -0.15) is 0 Å². The van der Waals surface area contributed by atoms with Crippen molar-refractivity contribution in [2.24, 2.45) is 0 Å². The molecule has 1 fully saturated rings. The molecule has 0 spiro atoms. The van der Waals surface area contributed by atoms with Crippen LogP contribution in [-0.4, -0.2) is 68.8 Å². The first kappa shape index (κ1) is 32.1. The van der Waals surface area contributed by atoms with Gasteiger partial charge in [0.1, 0.15) is 27.7 Å². The minimum Gasteiger partial charge on any atom is -0.444 e. The van der Waals surface area contributed by atoms with E-state index in [1.165, 1.54) is 0 Å². The fraction of sp³-hybridized carbons (Fsp3) is 0.424. The lowest BCUT2D eigenvalue weighted by Crippen LogP contribution is -2.52. The third-order valence-electron chi connectivity index (χ3n) is 8.12. The first-order valence-corrected chi connectivity index (χ1v) is 15.8. The van der Waals surface area contributed by atoms with Crippen LogP contribution < -0.4 is 0 Å².